The number of thiazole rings is 1. The molecule has 0 saturated heterocycles. The smallest absolute Gasteiger partial charge is 0.265 e. The van der Waals surface area contributed by atoms with Crippen LogP contribution >= 0.6 is 11.3 Å². The number of nitrogens with two attached hydrogens (primary N) is 1. The Bertz CT molecular complexity index is 630. The van der Waals surface area contributed by atoms with Crippen molar-refractivity contribution < 1.29 is 4.79 Å². The van der Waals surface area contributed by atoms with Gasteiger partial charge in [0, 0.05) is 31.4 Å². The van der Waals surface area contributed by atoms with Crippen molar-refractivity contribution >= 4 is 28.2 Å². The average Bonchev–Trinajstić information content (AvgIpc) is 3.00. The number of carbonyl (C=O) groups is 1. The van der Waals surface area contributed by atoms with Crippen molar-refractivity contribution in [3.63, 3.8) is 0 Å². The highest BCUT2D eigenvalue weighted by atomic mass is 32.1. The second-order valence-corrected chi connectivity index (χ2v) is 5.86. The summed E-state index contributed by atoms with van der Waals surface area (Å²) in [5, 5.41) is 10.8. The summed E-state index contributed by atoms with van der Waals surface area (Å²) in [6.07, 6.45) is 5.89. The third-order valence-corrected chi connectivity index (χ3v) is 3.98. The lowest BCUT2D eigenvalue weighted by Gasteiger charge is -2.01. The molecule has 20 heavy (non-hydrogen) atoms. The molecule has 0 radical (unpaired) electrons. The summed E-state index contributed by atoms with van der Waals surface area (Å²) in [5.41, 5.74) is 6.74. The van der Waals surface area contributed by atoms with E-state index >= 15 is 0 Å². The van der Waals surface area contributed by atoms with Crippen LogP contribution in [-0.2, 0) is 13.6 Å². The number of carbonyl (C=O) groups excluding carboxylic acids is 1. The standard InChI is InChI=1S/C12H16N6OS/c1-18-6-7(5-15-18)4-14-11(19)9-10(13)17-12(20-9)16-8-2-3-8/h5-6,8H,2-4,13H2,1H3,(H,14,19)(H,16,17). The van der Waals surface area contributed by atoms with E-state index in [4.69, 9.17) is 5.73 Å². The van der Waals surface area contributed by atoms with Gasteiger partial charge in [-0.3, -0.25) is 9.48 Å². The molecule has 7 nitrogen and oxygen atoms in total. The monoisotopic (exact) mass is 292 g/mol. The van der Waals surface area contributed by atoms with Gasteiger partial charge in [0.15, 0.2) is 5.13 Å². The lowest BCUT2D eigenvalue weighted by Crippen LogP contribution is -2.22. The van der Waals surface area contributed by atoms with Gasteiger partial charge in [-0.2, -0.15) is 5.10 Å². The Labute approximate surface area is 120 Å². The lowest BCUT2D eigenvalue weighted by molar-refractivity contribution is 0.0955. The summed E-state index contributed by atoms with van der Waals surface area (Å²) in [6, 6.07) is 0.492. The summed E-state index contributed by atoms with van der Waals surface area (Å²) >= 11 is 1.30. The summed E-state index contributed by atoms with van der Waals surface area (Å²) < 4.78 is 1.69. The quantitative estimate of drug-likeness (QED) is 0.762. The average molecular weight is 292 g/mol. The molecule has 1 fully saturated rings. The van der Waals surface area contributed by atoms with Crippen LogP contribution in [0.3, 0.4) is 0 Å². The Morgan fingerprint density at radius 1 is 1.60 bits per heavy atom. The molecule has 0 spiro atoms. The van der Waals surface area contributed by atoms with Crippen molar-refractivity contribution in [1.82, 2.24) is 20.1 Å². The van der Waals surface area contributed by atoms with Gasteiger partial charge in [0.1, 0.15) is 10.7 Å². The maximum Gasteiger partial charge on any atom is 0.265 e. The molecule has 0 aliphatic heterocycles. The molecular formula is C12H16N6OS. The number of aromatic nitrogens is 3. The molecule has 1 aliphatic carbocycles. The lowest BCUT2D eigenvalue weighted by atomic mass is 10.3. The highest BCUT2D eigenvalue weighted by Gasteiger charge is 2.24. The molecule has 2 aromatic heterocycles. The molecular weight excluding hydrogens is 276 g/mol. The van der Waals surface area contributed by atoms with Gasteiger partial charge in [-0.15, -0.1) is 0 Å². The van der Waals surface area contributed by atoms with Gasteiger partial charge in [0.05, 0.1) is 6.20 Å². The maximum absolute atomic E-state index is 12.1. The van der Waals surface area contributed by atoms with E-state index in [0.29, 0.717) is 17.5 Å². The van der Waals surface area contributed by atoms with E-state index in [0.717, 1.165) is 23.5 Å². The van der Waals surface area contributed by atoms with Crippen LogP contribution in [0.4, 0.5) is 10.9 Å². The van der Waals surface area contributed by atoms with Crippen molar-refractivity contribution in [1.29, 1.82) is 0 Å². The van der Waals surface area contributed by atoms with Gasteiger partial charge in [-0.25, -0.2) is 4.98 Å². The summed E-state index contributed by atoms with van der Waals surface area (Å²) in [6.45, 7) is 0.426. The third-order valence-electron chi connectivity index (χ3n) is 2.98. The number of nitrogens with one attached hydrogen (secondary N) is 2. The molecule has 1 aliphatic rings. The normalized spacial score (nSPS) is 14.2. The number of anilines is 2. The van der Waals surface area contributed by atoms with Crippen LogP contribution in [0.25, 0.3) is 0 Å². The second kappa shape index (κ2) is 5.12. The van der Waals surface area contributed by atoms with E-state index in [9.17, 15) is 4.79 Å². The first-order chi connectivity index (χ1) is 9.61. The highest BCUT2D eigenvalue weighted by Crippen LogP contribution is 2.30. The first kappa shape index (κ1) is 12.9. The van der Waals surface area contributed by atoms with Crippen LogP contribution in [0.15, 0.2) is 12.4 Å². The number of aryl methyl sites for hydroxylation is 1. The highest BCUT2D eigenvalue weighted by molar-refractivity contribution is 7.18. The zero-order valence-electron chi connectivity index (χ0n) is 11.1. The van der Waals surface area contributed by atoms with Gasteiger partial charge in [-0.1, -0.05) is 11.3 Å². The van der Waals surface area contributed by atoms with Crippen LogP contribution in [-0.4, -0.2) is 26.7 Å². The second-order valence-electron chi connectivity index (χ2n) is 4.86. The van der Waals surface area contributed by atoms with E-state index in [-0.39, 0.29) is 11.7 Å². The maximum atomic E-state index is 12.1. The minimum Gasteiger partial charge on any atom is -0.382 e. The molecule has 8 heteroatoms. The summed E-state index contributed by atoms with van der Waals surface area (Å²) in [7, 11) is 1.84. The van der Waals surface area contributed by atoms with Crippen LogP contribution in [0.1, 0.15) is 28.1 Å². The van der Waals surface area contributed by atoms with E-state index in [1.807, 2.05) is 13.2 Å². The third kappa shape index (κ3) is 2.90. The predicted octanol–water partition coefficient (Wildman–Crippen LogP) is 0.963. The van der Waals surface area contributed by atoms with Crippen LogP contribution < -0.4 is 16.4 Å². The first-order valence-electron chi connectivity index (χ1n) is 6.40. The molecule has 106 valence electrons. The predicted molar refractivity (Wildman–Crippen MR) is 77.5 cm³/mol. The van der Waals surface area contributed by atoms with Gasteiger partial charge in [0.25, 0.3) is 5.91 Å². The fourth-order valence-electron chi connectivity index (χ4n) is 1.78. The fraction of sp³-hybridized carbons (Fsp3) is 0.417. The zero-order valence-corrected chi connectivity index (χ0v) is 11.9. The van der Waals surface area contributed by atoms with Gasteiger partial charge in [-0.05, 0) is 12.8 Å². The van der Waals surface area contributed by atoms with Gasteiger partial charge < -0.3 is 16.4 Å². The summed E-state index contributed by atoms with van der Waals surface area (Å²) in [5.74, 6) is 0.0783. The number of amides is 1. The number of hydrogen-bond donors (Lipinski definition) is 3. The molecule has 2 aromatic rings. The van der Waals surface area contributed by atoms with Crippen LogP contribution in [0.2, 0.25) is 0 Å². The topological polar surface area (TPSA) is 97.9 Å². The van der Waals surface area contributed by atoms with Crippen molar-refractivity contribution in [2.45, 2.75) is 25.4 Å². The number of rotatable bonds is 5. The Morgan fingerprint density at radius 2 is 2.40 bits per heavy atom. The number of nitrogens with zero attached hydrogens (tertiary/aromatic N) is 3. The van der Waals surface area contributed by atoms with Crippen molar-refractivity contribution in [3.05, 3.63) is 22.8 Å². The SMILES string of the molecule is Cn1cc(CNC(=O)c2sc(NC3CC3)nc2N)cn1. The Balaban J connectivity index is 1.62. The molecule has 0 bridgehead atoms. The largest absolute Gasteiger partial charge is 0.382 e. The molecule has 0 unspecified atom stereocenters. The molecule has 3 rings (SSSR count). The molecule has 1 amide bonds. The Hall–Kier alpha value is -2.09. The van der Waals surface area contributed by atoms with E-state index in [1.54, 1.807) is 10.9 Å². The molecule has 0 atom stereocenters. The van der Waals surface area contributed by atoms with E-state index in [2.05, 4.69) is 20.7 Å². The first-order valence-corrected chi connectivity index (χ1v) is 7.22. The summed E-state index contributed by atoms with van der Waals surface area (Å²) in [4.78, 5) is 16.7. The zero-order chi connectivity index (χ0) is 14.1. The van der Waals surface area contributed by atoms with E-state index < -0.39 is 0 Å². The molecule has 2 heterocycles. The van der Waals surface area contributed by atoms with Crippen molar-refractivity contribution in [2.75, 3.05) is 11.1 Å². The fourth-order valence-corrected chi connectivity index (χ4v) is 2.66. The Kier molecular flexibility index (Phi) is 3.31. The number of nitrogen functional groups attached to an aromatic ring is 1. The van der Waals surface area contributed by atoms with E-state index in [1.165, 1.54) is 11.3 Å². The number of hydrogen-bond acceptors (Lipinski definition) is 6. The van der Waals surface area contributed by atoms with Gasteiger partial charge in [0.2, 0.25) is 0 Å². The molecule has 0 aromatic carbocycles. The van der Waals surface area contributed by atoms with Crippen LogP contribution in [0, 0.1) is 0 Å². The minimum absolute atomic E-state index is 0.201. The minimum atomic E-state index is -0.201. The molecule has 1 saturated carbocycles. The van der Waals surface area contributed by atoms with Crippen molar-refractivity contribution in [3.8, 4) is 0 Å². The van der Waals surface area contributed by atoms with Crippen LogP contribution in [0.5, 0.6) is 0 Å². The van der Waals surface area contributed by atoms with Gasteiger partial charge >= 0.3 is 0 Å². The molecule has 4 N–H and O–H groups in total. The van der Waals surface area contributed by atoms with Crippen molar-refractivity contribution in [2.24, 2.45) is 7.05 Å². The Morgan fingerprint density at radius 3 is 3.05 bits per heavy atom.